The highest BCUT2D eigenvalue weighted by molar-refractivity contribution is 4.82. The van der Waals surface area contributed by atoms with Gasteiger partial charge >= 0.3 is 0 Å². The van der Waals surface area contributed by atoms with Crippen molar-refractivity contribution in [3.63, 3.8) is 0 Å². The van der Waals surface area contributed by atoms with E-state index in [1.54, 1.807) is 0 Å². The van der Waals surface area contributed by atoms with Crippen LogP contribution in [0.25, 0.3) is 0 Å². The molecule has 1 N–H and O–H groups in total. The molecule has 0 saturated heterocycles. The molecule has 126 valence electrons. The molecule has 0 atom stereocenters. The largest absolute Gasteiger partial charge is 0.315 e. The van der Waals surface area contributed by atoms with Gasteiger partial charge in [0.2, 0.25) is 0 Å². The van der Waals surface area contributed by atoms with Gasteiger partial charge in [-0.3, -0.25) is 0 Å². The number of hydrogen-bond acceptors (Lipinski definition) is 1. The molecule has 0 heterocycles. The Hall–Kier alpha value is -0.0400. The Morgan fingerprint density at radius 1 is 0.800 bits per heavy atom. The van der Waals surface area contributed by atoms with Crippen molar-refractivity contribution in [2.24, 2.45) is 16.7 Å². The minimum Gasteiger partial charge on any atom is -0.315 e. The van der Waals surface area contributed by atoms with E-state index in [2.05, 4.69) is 60.7 Å². The molecule has 0 aliphatic carbocycles. The Balaban J connectivity index is -0.000000656. The highest BCUT2D eigenvalue weighted by Gasteiger charge is 2.30. The van der Waals surface area contributed by atoms with Crippen LogP contribution in [0, 0.1) is 16.7 Å². The Labute approximate surface area is 131 Å². The van der Waals surface area contributed by atoms with Crippen LogP contribution in [0.1, 0.15) is 95.9 Å². The van der Waals surface area contributed by atoms with Crippen molar-refractivity contribution in [1.82, 2.24) is 5.32 Å². The molecule has 0 bridgehead atoms. The molecule has 0 aliphatic rings. The highest BCUT2D eigenvalue weighted by Crippen LogP contribution is 2.40. The summed E-state index contributed by atoms with van der Waals surface area (Å²) in [5.41, 5.74) is 0.886. The van der Waals surface area contributed by atoms with E-state index in [0.29, 0.717) is 16.9 Å². The quantitative estimate of drug-likeness (QED) is 0.561. The van der Waals surface area contributed by atoms with E-state index in [0.717, 1.165) is 12.5 Å². The van der Waals surface area contributed by atoms with Gasteiger partial charge in [-0.2, -0.15) is 0 Å². The summed E-state index contributed by atoms with van der Waals surface area (Å²) in [6.45, 7) is 27.8. The lowest BCUT2D eigenvalue weighted by molar-refractivity contribution is 0.131. The van der Waals surface area contributed by atoms with Gasteiger partial charge in [0.05, 0.1) is 0 Å². The van der Waals surface area contributed by atoms with Crippen LogP contribution in [0.3, 0.4) is 0 Å². The Bertz CT molecular complexity index is 190. The van der Waals surface area contributed by atoms with Crippen LogP contribution in [0.15, 0.2) is 0 Å². The summed E-state index contributed by atoms with van der Waals surface area (Å²) < 4.78 is 0. The summed E-state index contributed by atoms with van der Waals surface area (Å²) >= 11 is 0. The summed E-state index contributed by atoms with van der Waals surface area (Å²) in [4.78, 5) is 0. The maximum atomic E-state index is 3.52. The second kappa shape index (κ2) is 12.7. The minimum absolute atomic E-state index is 0.440. The van der Waals surface area contributed by atoms with Crippen molar-refractivity contribution in [2.75, 3.05) is 6.54 Å². The van der Waals surface area contributed by atoms with Gasteiger partial charge in [-0.15, -0.1) is 0 Å². The zero-order chi connectivity index (χ0) is 17.0. The van der Waals surface area contributed by atoms with Crippen LogP contribution < -0.4 is 5.32 Å². The Morgan fingerprint density at radius 2 is 1.20 bits per heavy atom. The van der Waals surface area contributed by atoms with Crippen molar-refractivity contribution >= 4 is 0 Å². The van der Waals surface area contributed by atoms with Crippen LogP contribution in [0.4, 0.5) is 0 Å². The smallest absolute Gasteiger partial charge is 0.00103 e. The fourth-order valence-corrected chi connectivity index (χ4v) is 2.23. The molecular weight excluding hydrogens is 242 g/mol. The van der Waals surface area contributed by atoms with E-state index in [1.165, 1.54) is 12.8 Å². The summed E-state index contributed by atoms with van der Waals surface area (Å²) in [5, 5.41) is 3.52. The van der Waals surface area contributed by atoms with Crippen LogP contribution in [-0.4, -0.2) is 12.6 Å². The lowest BCUT2D eigenvalue weighted by atomic mass is 9.68. The van der Waals surface area contributed by atoms with Crippen molar-refractivity contribution in [3.05, 3.63) is 0 Å². The summed E-state index contributed by atoms with van der Waals surface area (Å²) in [5.74, 6) is 0.754. The molecule has 0 rings (SSSR count). The normalized spacial score (nSPS) is 11.7. The first-order chi connectivity index (χ1) is 9.07. The van der Waals surface area contributed by atoms with Gasteiger partial charge in [0.25, 0.3) is 0 Å². The van der Waals surface area contributed by atoms with Gasteiger partial charge in [0.15, 0.2) is 0 Å². The van der Waals surface area contributed by atoms with Gasteiger partial charge < -0.3 is 5.32 Å². The molecule has 1 nitrogen and oxygen atoms in total. The monoisotopic (exact) mass is 287 g/mol. The molecule has 0 aliphatic heterocycles. The molecule has 0 spiro atoms. The molecule has 0 aromatic rings. The molecule has 1 heteroatoms. The van der Waals surface area contributed by atoms with Gasteiger partial charge in [0, 0.05) is 6.04 Å². The van der Waals surface area contributed by atoms with E-state index >= 15 is 0 Å². The van der Waals surface area contributed by atoms with Gasteiger partial charge in [0.1, 0.15) is 0 Å². The summed E-state index contributed by atoms with van der Waals surface area (Å²) in [6, 6.07) is 0.605. The van der Waals surface area contributed by atoms with Crippen molar-refractivity contribution in [3.8, 4) is 0 Å². The molecule has 0 unspecified atom stereocenters. The van der Waals surface area contributed by atoms with Crippen LogP contribution in [0.2, 0.25) is 0 Å². The third-order valence-corrected chi connectivity index (χ3v) is 3.85. The van der Waals surface area contributed by atoms with E-state index in [4.69, 9.17) is 0 Å². The predicted octanol–water partition coefficient (Wildman–Crippen LogP) is 6.53. The fraction of sp³-hybridized carbons (Fsp3) is 1.00. The average molecular weight is 288 g/mol. The second-order valence-electron chi connectivity index (χ2n) is 7.34. The van der Waals surface area contributed by atoms with E-state index in [1.807, 2.05) is 27.7 Å². The summed E-state index contributed by atoms with van der Waals surface area (Å²) in [7, 11) is 0. The van der Waals surface area contributed by atoms with Gasteiger partial charge in [-0.1, -0.05) is 83.1 Å². The lowest BCUT2D eigenvalue weighted by Gasteiger charge is -2.38. The van der Waals surface area contributed by atoms with Crippen LogP contribution in [0.5, 0.6) is 0 Å². The molecule has 0 aromatic carbocycles. The predicted molar refractivity (Wildman–Crippen MR) is 97.5 cm³/mol. The van der Waals surface area contributed by atoms with Gasteiger partial charge in [-0.25, -0.2) is 0 Å². The van der Waals surface area contributed by atoms with Crippen molar-refractivity contribution < 1.29 is 0 Å². The lowest BCUT2D eigenvalue weighted by Crippen LogP contribution is -2.32. The molecule has 0 saturated carbocycles. The van der Waals surface area contributed by atoms with E-state index in [-0.39, 0.29) is 0 Å². The van der Waals surface area contributed by atoms with Gasteiger partial charge in [-0.05, 0) is 36.1 Å². The van der Waals surface area contributed by atoms with E-state index in [9.17, 15) is 0 Å². The molecular formula is C19H45N. The summed E-state index contributed by atoms with van der Waals surface area (Å²) in [6.07, 6.45) is 2.57. The third-order valence-electron chi connectivity index (χ3n) is 3.85. The maximum Gasteiger partial charge on any atom is 0.00103 e. The molecule has 0 aromatic heterocycles. The number of nitrogens with one attached hydrogen (secondary N) is 1. The molecule has 0 fully saturated rings. The van der Waals surface area contributed by atoms with Crippen molar-refractivity contribution in [1.29, 1.82) is 0 Å². The molecule has 0 radical (unpaired) electrons. The number of hydrogen-bond donors (Lipinski definition) is 1. The maximum absolute atomic E-state index is 3.52. The van der Waals surface area contributed by atoms with Crippen molar-refractivity contribution in [2.45, 2.75) is 102 Å². The standard InChI is InChI=1S/C15H33N.2C2H6/c1-12(2)15(7,8)11-14(5,6)9-10-16-13(3)4;2*1-2/h12-13,16H,9-11H2,1-8H3;2*1-2H3. The van der Waals surface area contributed by atoms with Crippen LogP contribution >= 0.6 is 0 Å². The zero-order valence-electron chi connectivity index (χ0n) is 16.8. The average Bonchev–Trinajstić information content (AvgIpc) is 2.31. The topological polar surface area (TPSA) is 12.0 Å². The SMILES string of the molecule is CC.CC.CC(C)NCCC(C)(C)CC(C)(C)C(C)C. The first-order valence-corrected chi connectivity index (χ1v) is 8.80. The third kappa shape index (κ3) is 14.4. The first-order valence-electron chi connectivity index (χ1n) is 8.80. The Kier molecular flexibility index (Phi) is 15.8. The van der Waals surface area contributed by atoms with E-state index < -0.39 is 0 Å². The number of rotatable bonds is 7. The second-order valence-corrected chi connectivity index (χ2v) is 7.34. The zero-order valence-corrected chi connectivity index (χ0v) is 16.8. The minimum atomic E-state index is 0.440. The highest BCUT2D eigenvalue weighted by atomic mass is 14.9. The molecule has 20 heavy (non-hydrogen) atoms. The van der Waals surface area contributed by atoms with Crippen LogP contribution in [-0.2, 0) is 0 Å². The Morgan fingerprint density at radius 3 is 1.50 bits per heavy atom. The first kappa shape index (κ1) is 24.9. The fourth-order valence-electron chi connectivity index (χ4n) is 2.23. The molecule has 0 amide bonds.